The van der Waals surface area contributed by atoms with Crippen LogP contribution in [-0.2, 0) is 22.4 Å². The molecule has 2 aromatic rings. The molecule has 0 aromatic heterocycles. The molecular formula is C21H22F2N2O2. The van der Waals surface area contributed by atoms with Crippen molar-refractivity contribution in [3.8, 4) is 0 Å². The topological polar surface area (TPSA) is 40.6 Å². The lowest BCUT2D eigenvalue weighted by Crippen LogP contribution is -2.51. The number of carbonyl (C=O) groups is 2. The zero-order valence-corrected chi connectivity index (χ0v) is 15.0. The largest absolute Gasteiger partial charge is 0.339 e. The van der Waals surface area contributed by atoms with Gasteiger partial charge in [-0.25, -0.2) is 8.78 Å². The monoisotopic (exact) mass is 372 g/mol. The van der Waals surface area contributed by atoms with E-state index in [1.807, 2.05) is 0 Å². The van der Waals surface area contributed by atoms with Crippen molar-refractivity contribution in [1.82, 2.24) is 9.80 Å². The van der Waals surface area contributed by atoms with E-state index in [2.05, 4.69) is 0 Å². The average molecular weight is 372 g/mol. The summed E-state index contributed by atoms with van der Waals surface area (Å²) in [5.41, 5.74) is 1.71. The number of piperazine rings is 1. The Morgan fingerprint density at radius 1 is 0.704 bits per heavy atom. The van der Waals surface area contributed by atoms with Crippen molar-refractivity contribution >= 4 is 11.8 Å². The maximum atomic E-state index is 12.9. The third-order valence-electron chi connectivity index (χ3n) is 4.79. The molecule has 0 radical (unpaired) electrons. The van der Waals surface area contributed by atoms with Gasteiger partial charge >= 0.3 is 0 Å². The van der Waals surface area contributed by atoms with Gasteiger partial charge in [-0.2, -0.15) is 0 Å². The van der Waals surface area contributed by atoms with Gasteiger partial charge in [-0.05, 0) is 41.8 Å². The summed E-state index contributed by atoms with van der Waals surface area (Å²) in [5, 5.41) is 0. The highest BCUT2D eigenvalue weighted by molar-refractivity contribution is 5.80. The molecule has 0 atom stereocenters. The van der Waals surface area contributed by atoms with Crippen molar-refractivity contribution in [2.45, 2.75) is 19.3 Å². The maximum absolute atomic E-state index is 12.9. The predicted molar refractivity (Wildman–Crippen MR) is 98.0 cm³/mol. The summed E-state index contributed by atoms with van der Waals surface area (Å²) >= 11 is 0. The van der Waals surface area contributed by atoms with Crippen LogP contribution in [0.5, 0.6) is 0 Å². The van der Waals surface area contributed by atoms with Gasteiger partial charge < -0.3 is 9.80 Å². The molecule has 1 saturated heterocycles. The fourth-order valence-electron chi connectivity index (χ4n) is 3.15. The lowest BCUT2D eigenvalue weighted by atomic mass is 10.1. The number of carbonyl (C=O) groups excluding carboxylic acids is 2. The average Bonchev–Trinajstić information content (AvgIpc) is 2.69. The number of rotatable bonds is 5. The van der Waals surface area contributed by atoms with E-state index in [9.17, 15) is 18.4 Å². The van der Waals surface area contributed by atoms with Gasteiger partial charge in [0.1, 0.15) is 11.6 Å². The second-order valence-electron chi connectivity index (χ2n) is 6.69. The molecule has 6 heteroatoms. The molecule has 3 rings (SSSR count). The molecule has 4 nitrogen and oxygen atoms in total. The molecule has 1 aliphatic rings. The summed E-state index contributed by atoms with van der Waals surface area (Å²) in [5.74, 6) is -0.574. The minimum atomic E-state index is -0.320. The van der Waals surface area contributed by atoms with Crippen molar-refractivity contribution in [1.29, 1.82) is 0 Å². The molecule has 0 aliphatic carbocycles. The van der Waals surface area contributed by atoms with Crippen LogP contribution in [0.1, 0.15) is 17.5 Å². The molecule has 1 aliphatic heterocycles. The van der Waals surface area contributed by atoms with E-state index in [0.717, 1.165) is 11.1 Å². The highest BCUT2D eigenvalue weighted by Crippen LogP contribution is 2.11. The van der Waals surface area contributed by atoms with Crippen molar-refractivity contribution in [2.24, 2.45) is 0 Å². The van der Waals surface area contributed by atoms with Crippen molar-refractivity contribution in [3.05, 3.63) is 71.3 Å². The Labute approximate surface area is 157 Å². The third-order valence-corrected chi connectivity index (χ3v) is 4.79. The smallest absolute Gasteiger partial charge is 0.227 e. The van der Waals surface area contributed by atoms with Gasteiger partial charge in [-0.15, -0.1) is 0 Å². The van der Waals surface area contributed by atoms with Crippen LogP contribution in [0, 0.1) is 11.6 Å². The Balaban J connectivity index is 1.43. The minimum absolute atomic E-state index is 0.0139. The van der Waals surface area contributed by atoms with E-state index in [-0.39, 0.29) is 29.9 Å². The fraction of sp³-hybridized carbons (Fsp3) is 0.333. The first kappa shape index (κ1) is 19.0. The van der Waals surface area contributed by atoms with E-state index in [4.69, 9.17) is 0 Å². The summed E-state index contributed by atoms with van der Waals surface area (Å²) in [6.45, 7) is 2.03. The molecule has 0 bridgehead atoms. The summed E-state index contributed by atoms with van der Waals surface area (Å²) in [6.07, 6.45) is 1.18. The molecule has 2 amide bonds. The third kappa shape index (κ3) is 5.36. The van der Waals surface area contributed by atoms with Gasteiger partial charge in [0.15, 0.2) is 0 Å². The standard InChI is InChI=1S/C21H22F2N2O2/c22-18-6-1-16(2-7-18)5-10-20(26)24-11-13-25(14-12-24)21(27)15-17-3-8-19(23)9-4-17/h1-4,6-9H,5,10-15H2. The number of nitrogens with zero attached hydrogens (tertiary/aromatic N) is 2. The predicted octanol–water partition coefficient (Wildman–Crippen LogP) is 2.81. The molecule has 1 fully saturated rings. The van der Waals surface area contributed by atoms with Gasteiger partial charge in [0, 0.05) is 32.6 Å². The molecule has 0 saturated carbocycles. The van der Waals surface area contributed by atoms with Gasteiger partial charge in [0.25, 0.3) is 0 Å². The van der Waals surface area contributed by atoms with E-state index in [1.165, 1.54) is 24.3 Å². The van der Waals surface area contributed by atoms with E-state index in [0.29, 0.717) is 39.0 Å². The first-order valence-corrected chi connectivity index (χ1v) is 9.06. The second-order valence-corrected chi connectivity index (χ2v) is 6.69. The number of amides is 2. The lowest BCUT2D eigenvalue weighted by Gasteiger charge is -2.35. The van der Waals surface area contributed by atoms with Gasteiger partial charge in [0.05, 0.1) is 6.42 Å². The zero-order chi connectivity index (χ0) is 19.2. The first-order valence-electron chi connectivity index (χ1n) is 9.06. The molecule has 142 valence electrons. The molecule has 1 heterocycles. The Hall–Kier alpha value is -2.76. The van der Waals surface area contributed by atoms with Crippen LogP contribution in [0.25, 0.3) is 0 Å². The van der Waals surface area contributed by atoms with E-state index >= 15 is 0 Å². The van der Waals surface area contributed by atoms with Crippen molar-refractivity contribution in [3.63, 3.8) is 0 Å². The lowest BCUT2D eigenvalue weighted by molar-refractivity contribution is -0.139. The molecule has 2 aromatic carbocycles. The van der Waals surface area contributed by atoms with Crippen LogP contribution in [0.4, 0.5) is 8.78 Å². The first-order chi connectivity index (χ1) is 13.0. The Kier molecular flexibility index (Phi) is 6.16. The number of benzene rings is 2. The number of halogens is 2. The summed E-state index contributed by atoms with van der Waals surface area (Å²) < 4.78 is 25.8. The molecule has 27 heavy (non-hydrogen) atoms. The van der Waals surface area contributed by atoms with Crippen LogP contribution in [0.2, 0.25) is 0 Å². The number of aryl methyl sites for hydroxylation is 1. The number of hydrogen-bond acceptors (Lipinski definition) is 2. The molecule has 0 N–H and O–H groups in total. The fourth-order valence-corrected chi connectivity index (χ4v) is 3.15. The normalized spacial score (nSPS) is 14.3. The quantitative estimate of drug-likeness (QED) is 0.810. The summed E-state index contributed by atoms with van der Waals surface area (Å²) in [4.78, 5) is 28.2. The van der Waals surface area contributed by atoms with E-state index in [1.54, 1.807) is 34.1 Å². The summed E-state index contributed by atoms with van der Waals surface area (Å²) in [6, 6.07) is 12.1. The van der Waals surface area contributed by atoms with Crippen molar-refractivity contribution < 1.29 is 18.4 Å². The number of hydrogen-bond donors (Lipinski definition) is 0. The minimum Gasteiger partial charge on any atom is -0.339 e. The Morgan fingerprint density at radius 3 is 1.67 bits per heavy atom. The summed E-state index contributed by atoms with van der Waals surface area (Å²) in [7, 11) is 0. The maximum Gasteiger partial charge on any atom is 0.227 e. The van der Waals surface area contributed by atoms with Gasteiger partial charge in [-0.3, -0.25) is 9.59 Å². The highest BCUT2D eigenvalue weighted by Gasteiger charge is 2.23. The van der Waals surface area contributed by atoms with Crippen LogP contribution in [0.15, 0.2) is 48.5 Å². The molecular weight excluding hydrogens is 350 g/mol. The van der Waals surface area contributed by atoms with Crippen LogP contribution in [-0.4, -0.2) is 47.8 Å². The Morgan fingerprint density at radius 2 is 1.15 bits per heavy atom. The SMILES string of the molecule is O=C(CCc1ccc(F)cc1)N1CCN(C(=O)Cc2ccc(F)cc2)CC1. The molecule has 0 unspecified atom stereocenters. The van der Waals surface area contributed by atoms with Crippen LogP contribution < -0.4 is 0 Å². The van der Waals surface area contributed by atoms with Crippen LogP contribution in [0.3, 0.4) is 0 Å². The Bertz CT molecular complexity index is 783. The van der Waals surface area contributed by atoms with Crippen molar-refractivity contribution in [2.75, 3.05) is 26.2 Å². The highest BCUT2D eigenvalue weighted by atomic mass is 19.1. The van der Waals surface area contributed by atoms with Gasteiger partial charge in [0.2, 0.25) is 11.8 Å². The van der Waals surface area contributed by atoms with Crippen LogP contribution >= 0.6 is 0 Å². The van der Waals surface area contributed by atoms with Gasteiger partial charge in [-0.1, -0.05) is 24.3 Å². The second kappa shape index (κ2) is 8.75. The molecule has 0 spiro atoms. The zero-order valence-electron chi connectivity index (χ0n) is 15.0. The van der Waals surface area contributed by atoms with E-state index < -0.39 is 0 Å².